The summed E-state index contributed by atoms with van der Waals surface area (Å²) in [5.74, 6) is 0.125. The molecule has 0 aliphatic rings. The molecule has 0 aliphatic heterocycles. The monoisotopic (exact) mass is 292 g/mol. The molecule has 0 unspecified atom stereocenters. The van der Waals surface area contributed by atoms with Gasteiger partial charge < -0.3 is 4.57 Å². The second-order valence-electron chi connectivity index (χ2n) is 6.09. The molecule has 1 aromatic heterocycles. The maximum Gasteiger partial charge on any atom is 0.272 e. The van der Waals surface area contributed by atoms with Crippen molar-refractivity contribution in [2.75, 3.05) is 0 Å². The van der Waals surface area contributed by atoms with Crippen molar-refractivity contribution < 1.29 is 0 Å². The summed E-state index contributed by atoms with van der Waals surface area (Å²) in [5.41, 5.74) is 5.82. The highest BCUT2D eigenvalue weighted by Gasteiger charge is 2.12. The van der Waals surface area contributed by atoms with Gasteiger partial charge in [-0.05, 0) is 30.2 Å². The molecule has 0 saturated heterocycles. The first-order chi connectivity index (χ1) is 10.5. The third-order valence-electron chi connectivity index (χ3n) is 4.03. The van der Waals surface area contributed by atoms with Gasteiger partial charge in [0.15, 0.2) is 0 Å². The Hall–Kier alpha value is -2.42. The average Bonchev–Trinajstić information content (AvgIpc) is 2.51. The molecule has 0 saturated carbocycles. The lowest BCUT2D eigenvalue weighted by molar-refractivity contribution is 0.765. The molecule has 1 heterocycles. The molecule has 0 aliphatic carbocycles. The number of benzene rings is 2. The highest BCUT2D eigenvalue weighted by atomic mass is 16.1. The lowest BCUT2D eigenvalue weighted by Gasteiger charge is -2.11. The first kappa shape index (κ1) is 14.5. The molecule has 0 bridgehead atoms. The number of hydrogen-bond donors (Lipinski definition) is 0. The van der Waals surface area contributed by atoms with Crippen molar-refractivity contribution in [3.63, 3.8) is 0 Å². The Bertz CT molecular complexity index is 890. The molecular weight excluding hydrogens is 272 g/mol. The zero-order chi connectivity index (χ0) is 15.9. The van der Waals surface area contributed by atoms with Gasteiger partial charge in [-0.1, -0.05) is 49.7 Å². The van der Waals surface area contributed by atoms with Crippen molar-refractivity contribution in [1.29, 1.82) is 0 Å². The number of aryl methyl sites for hydroxylation is 2. The molecule has 22 heavy (non-hydrogen) atoms. The van der Waals surface area contributed by atoms with Crippen molar-refractivity contribution in [1.82, 2.24) is 9.55 Å². The minimum Gasteiger partial charge on any atom is -0.308 e. The molecule has 3 aromatic rings. The molecule has 3 nitrogen and oxygen atoms in total. The van der Waals surface area contributed by atoms with Crippen LogP contribution in [-0.2, 0) is 7.05 Å². The Morgan fingerprint density at radius 1 is 1.00 bits per heavy atom. The van der Waals surface area contributed by atoms with Crippen molar-refractivity contribution in [3.05, 3.63) is 64.1 Å². The van der Waals surface area contributed by atoms with E-state index in [0.717, 1.165) is 22.2 Å². The Morgan fingerprint density at radius 3 is 2.27 bits per heavy atom. The molecule has 0 atom stereocenters. The fourth-order valence-corrected chi connectivity index (χ4v) is 2.65. The van der Waals surface area contributed by atoms with Crippen molar-refractivity contribution in [3.8, 4) is 11.1 Å². The quantitative estimate of drug-likeness (QED) is 0.714. The molecule has 2 aromatic carbocycles. The molecule has 0 fully saturated rings. The van der Waals surface area contributed by atoms with E-state index in [2.05, 4.69) is 42.2 Å². The molecule has 0 spiro atoms. The Labute approximate surface area is 130 Å². The Balaban J connectivity index is 2.22. The number of fused-ring (bicyclic) bond motifs is 1. The van der Waals surface area contributed by atoms with Crippen LogP contribution in [0.25, 0.3) is 22.2 Å². The highest BCUT2D eigenvalue weighted by Crippen LogP contribution is 2.24. The van der Waals surface area contributed by atoms with Gasteiger partial charge in [0.25, 0.3) is 5.56 Å². The van der Waals surface area contributed by atoms with E-state index in [1.807, 2.05) is 33.0 Å². The van der Waals surface area contributed by atoms with Crippen LogP contribution < -0.4 is 5.56 Å². The topological polar surface area (TPSA) is 34.9 Å². The van der Waals surface area contributed by atoms with E-state index in [4.69, 9.17) is 0 Å². The normalized spacial score (nSPS) is 11.3. The lowest BCUT2D eigenvalue weighted by Crippen LogP contribution is -2.24. The van der Waals surface area contributed by atoms with Crippen LogP contribution in [0.5, 0.6) is 0 Å². The van der Waals surface area contributed by atoms with Gasteiger partial charge in [-0.15, -0.1) is 0 Å². The van der Waals surface area contributed by atoms with E-state index in [-0.39, 0.29) is 11.5 Å². The maximum atomic E-state index is 12.4. The second-order valence-corrected chi connectivity index (χ2v) is 6.09. The summed E-state index contributed by atoms with van der Waals surface area (Å²) in [4.78, 5) is 17.0. The van der Waals surface area contributed by atoms with Gasteiger partial charge in [0.05, 0.1) is 11.0 Å². The van der Waals surface area contributed by atoms with Crippen molar-refractivity contribution in [2.45, 2.75) is 26.7 Å². The van der Waals surface area contributed by atoms with E-state index in [0.29, 0.717) is 5.69 Å². The largest absolute Gasteiger partial charge is 0.308 e. The second kappa shape index (κ2) is 5.41. The summed E-state index contributed by atoms with van der Waals surface area (Å²) in [5, 5.41) is 0. The first-order valence-corrected chi connectivity index (χ1v) is 7.55. The average molecular weight is 292 g/mol. The lowest BCUT2D eigenvalue weighted by atomic mass is 10.0. The first-order valence-electron chi connectivity index (χ1n) is 7.55. The standard InChI is InChI=1S/C19H20N2O/c1-12(2)18-19(22)21(4)17-11-15(9-10-16(17)20-18)14-7-5-13(3)6-8-14/h5-12H,1-4H3. The third kappa shape index (κ3) is 2.43. The number of aromatic nitrogens is 2. The molecule has 0 amide bonds. The highest BCUT2D eigenvalue weighted by molar-refractivity contribution is 5.81. The van der Waals surface area contributed by atoms with Crippen molar-refractivity contribution >= 4 is 11.0 Å². The van der Waals surface area contributed by atoms with Gasteiger partial charge in [-0.25, -0.2) is 4.98 Å². The maximum absolute atomic E-state index is 12.4. The van der Waals surface area contributed by atoms with Crippen LogP contribution in [0.15, 0.2) is 47.3 Å². The fourth-order valence-electron chi connectivity index (χ4n) is 2.65. The van der Waals surface area contributed by atoms with Crippen LogP contribution in [0.3, 0.4) is 0 Å². The summed E-state index contributed by atoms with van der Waals surface area (Å²) in [7, 11) is 1.82. The number of rotatable bonds is 2. The summed E-state index contributed by atoms with van der Waals surface area (Å²) in [6, 6.07) is 14.5. The van der Waals surface area contributed by atoms with Crippen LogP contribution in [-0.4, -0.2) is 9.55 Å². The SMILES string of the molecule is Cc1ccc(-c2ccc3nc(C(C)C)c(=O)n(C)c3c2)cc1. The van der Waals surface area contributed by atoms with E-state index in [9.17, 15) is 4.79 Å². The van der Waals surface area contributed by atoms with Crippen molar-refractivity contribution in [2.24, 2.45) is 7.05 Å². The molecule has 3 heteroatoms. The fraction of sp³-hybridized carbons (Fsp3) is 0.263. The summed E-state index contributed by atoms with van der Waals surface area (Å²) >= 11 is 0. The minimum absolute atomic E-state index is 0.0106. The van der Waals surface area contributed by atoms with Gasteiger partial charge in [0.2, 0.25) is 0 Å². The number of nitrogens with zero attached hydrogens (tertiary/aromatic N) is 2. The summed E-state index contributed by atoms with van der Waals surface area (Å²) in [6.07, 6.45) is 0. The van der Waals surface area contributed by atoms with Crippen LogP contribution in [0.1, 0.15) is 31.0 Å². The van der Waals surface area contributed by atoms with E-state index in [1.54, 1.807) is 4.57 Å². The Morgan fingerprint density at radius 2 is 1.64 bits per heavy atom. The van der Waals surface area contributed by atoms with Crippen LogP contribution in [0.2, 0.25) is 0 Å². The zero-order valence-corrected chi connectivity index (χ0v) is 13.4. The third-order valence-corrected chi connectivity index (χ3v) is 4.03. The zero-order valence-electron chi connectivity index (χ0n) is 13.4. The van der Waals surface area contributed by atoms with E-state index in [1.165, 1.54) is 5.56 Å². The summed E-state index contributed by atoms with van der Waals surface area (Å²) < 4.78 is 1.70. The van der Waals surface area contributed by atoms with Gasteiger partial charge in [0.1, 0.15) is 5.69 Å². The summed E-state index contributed by atoms with van der Waals surface area (Å²) in [6.45, 7) is 6.07. The smallest absolute Gasteiger partial charge is 0.272 e. The predicted molar refractivity (Wildman–Crippen MR) is 91.2 cm³/mol. The van der Waals surface area contributed by atoms with Crippen LogP contribution >= 0.6 is 0 Å². The molecule has 112 valence electrons. The van der Waals surface area contributed by atoms with Gasteiger partial charge in [-0.2, -0.15) is 0 Å². The van der Waals surface area contributed by atoms with E-state index >= 15 is 0 Å². The van der Waals surface area contributed by atoms with Gasteiger partial charge in [-0.3, -0.25) is 4.79 Å². The molecule has 0 N–H and O–H groups in total. The number of hydrogen-bond acceptors (Lipinski definition) is 2. The van der Waals surface area contributed by atoms with Gasteiger partial charge >= 0.3 is 0 Å². The minimum atomic E-state index is -0.0106. The molecule has 0 radical (unpaired) electrons. The predicted octanol–water partition coefficient (Wildman–Crippen LogP) is 4.03. The molecular formula is C19H20N2O. The van der Waals surface area contributed by atoms with Crippen LogP contribution in [0, 0.1) is 6.92 Å². The van der Waals surface area contributed by atoms with Crippen LogP contribution in [0.4, 0.5) is 0 Å². The Kier molecular flexibility index (Phi) is 3.57. The molecule has 3 rings (SSSR count). The van der Waals surface area contributed by atoms with E-state index < -0.39 is 0 Å². The van der Waals surface area contributed by atoms with Gasteiger partial charge in [0, 0.05) is 13.0 Å².